The van der Waals surface area contributed by atoms with E-state index in [-0.39, 0.29) is 17.5 Å². The molecule has 0 radical (unpaired) electrons. The Labute approximate surface area is 114 Å². The second-order valence-electron chi connectivity index (χ2n) is 5.77. The van der Waals surface area contributed by atoms with Crippen LogP contribution in [-0.2, 0) is 11.3 Å². The third-order valence-electron chi connectivity index (χ3n) is 3.92. The minimum Gasteiger partial charge on any atom is -0.467 e. The lowest BCUT2D eigenvalue weighted by molar-refractivity contribution is -0.149. The van der Waals surface area contributed by atoms with Crippen LogP contribution < -0.4 is 5.32 Å². The molecule has 0 spiro atoms. The first kappa shape index (κ1) is 14.1. The highest BCUT2D eigenvalue weighted by atomic mass is 16.3. The van der Waals surface area contributed by atoms with Crippen LogP contribution in [0.2, 0.25) is 0 Å². The molecule has 1 amide bonds. The maximum Gasteiger partial charge on any atom is 0.241 e. The van der Waals surface area contributed by atoms with Crippen molar-refractivity contribution in [3.63, 3.8) is 0 Å². The number of furan rings is 1. The average Bonchev–Trinajstić information content (AvgIpc) is 2.84. The predicted molar refractivity (Wildman–Crippen MR) is 73.7 cm³/mol. The summed E-state index contributed by atoms with van der Waals surface area (Å²) >= 11 is 0. The van der Waals surface area contributed by atoms with E-state index >= 15 is 0 Å². The van der Waals surface area contributed by atoms with Crippen LogP contribution in [0.3, 0.4) is 0 Å². The first-order valence-electron chi connectivity index (χ1n) is 6.64. The highest BCUT2D eigenvalue weighted by Crippen LogP contribution is 2.25. The van der Waals surface area contributed by atoms with E-state index in [1.807, 2.05) is 31.1 Å². The summed E-state index contributed by atoms with van der Waals surface area (Å²) in [6.45, 7) is 6.24. The molecular formula is C14H23N3O2. The van der Waals surface area contributed by atoms with Crippen LogP contribution in [0.15, 0.2) is 22.8 Å². The van der Waals surface area contributed by atoms with Gasteiger partial charge in [0.2, 0.25) is 5.91 Å². The van der Waals surface area contributed by atoms with Crippen LogP contribution in [0, 0.1) is 0 Å². The molecule has 1 aliphatic rings. The molecule has 0 aliphatic carbocycles. The van der Waals surface area contributed by atoms with Crippen molar-refractivity contribution in [3.8, 4) is 0 Å². The highest BCUT2D eigenvalue weighted by Gasteiger charge is 2.42. The van der Waals surface area contributed by atoms with Crippen LogP contribution in [0.1, 0.15) is 19.6 Å². The summed E-state index contributed by atoms with van der Waals surface area (Å²) < 4.78 is 5.35. The van der Waals surface area contributed by atoms with Crippen molar-refractivity contribution in [1.82, 2.24) is 15.1 Å². The molecule has 1 aliphatic heterocycles. The van der Waals surface area contributed by atoms with E-state index in [1.165, 1.54) is 0 Å². The summed E-state index contributed by atoms with van der Waals surface area (Å²) in [5.74, 6) is 0.990. The van der Waals surface area contributed by atoms with Crippen molar-refractivity contribution in [3.05, 3.63) is 24.2 Å². The molecule has 5 nitrogen and oxygen atoms in total. The van der Waals surface area contributed by atoms with Gasteiger partial charge in [-0.25, -0.2) is 0 Å². The number of carbonyl (C=O) groups excluding carboxylic acids is 1. The van der Waals surface area contributed by atoms with E-state index in [9.17, 15) is 4.79 Å². The summed E-state index contributed by atoms with van der Waals surface area (Å²) in [5, 5.41) is 3.10. The number of hydrogen-bond acceptors (Lipinski definition) is 4. The van der Waals surface area contributed by atoms with Crippen LogP contribution in [0.5, 0.6) is 0 Å². The second kappa shape index (κ2) is 5.35. The molecule has 1 N–H and O–H groups in total. The van der Waals surface area contributed by atoms with Gasteiger partial charge in [-0.3, -0.25) is 9.69 Å². The number of amides is 1. The molecule has 1 saturated heterocycles. The Morgan fingerprint density at radius 2 is 2.26 bits per heavy atom. The van der Waals surface area contributed by atoms with Gasteiger partial charge >= 0.3 is 0 Å². The lowest BCUT2D eigenvalue weighted by Gasteiger charge is -2.49. The Kier molecular flexibility index (Phi) is 3.96. The molecule has 1 unspecified atom stereocenters. The Hall–Kier alpha value is -1.33. The number of carbonyl (C=O) groups is 1. The summed E-state index contributed by atoms with van der Waals surface area (Å²) in [7, 11) is 3.89. The normalized spacial score (nSPS) is 23.9. The molecular weight excluding hydrogens is 242 g/mol. The molecule has 2 rings (SSSR count). The smallest absolute Gasteiger partial charge is 0.241 e. The molecule has 0 aromatic carbocycles. The maximum absolute atomic E-state index is 12.5. The molecule has 106 valence electrons. The van der Waals surface area contributed by atoms with Gasteiger partial charge in [0.1, 0.15) is 11.8 Å². The number of rotatable bonds is 4. The van der Waals surface area contributed by atoms with Gasteiger partial charge in [0.15, 0.2) is 0 Å². The molecule has 1 aromatic heterocycles. The van der Waals surface area contributed by atoms with Crippen molar-refractivity contribution < 1.29 is 9.21 Å². The van der Waals surface area contributed by atoms with Gasteiger partial charge in [-0.15, -0.1) is 0 Å². The fourth-order valence-electron chi connectivity index (χ4n) is 2.60. The monoisotopic (exact) mass is 265 g/mol. The molecule has 0 saturated carbocycles. The topological polar surface area (TPSA) is 48.7 Å². The largest absolute Gasteiger partial charge is 0.467 e. The number of nitrogens with one attached hydrogen (secondary N) is 1. The molecule has 1 fully saturated rings. The lowest BCUT2D eigenvalue weighted by Crippen LogP contribution is -2.66. The fraction of sp³-hybridized carbons (Fsp3) is 0.643. The summed E-state index contributed by atoms with van der Waals surface area (Å²) in [6, 6.07) is 3.64. The quantitative estimate of drug-likeness (QED) is 0.879. The van der Waals surface area contributed by atoms with Crippen molar-refractivity contribution in [2.75, 3.05) is 27.2 Å². The molecule has 5 heteroatoms. The van der Waals surface area contributed by atoms with Gasteiger partial charge in [0, 0.05) is 18.6 Å². The van der Waals surface area contributed by atoms with Crippen LogP contribution in [0.4, 0.5) is 0 Å². The molecule has 1 atom stereocenters. The highest BCUT2D eigenvalue weighted by molar-refractivity contribution is 5.83. The van der Waals surface area contributed by atoms with E-state index < -0.39 is 0 Å². The van der Waals surface area contributed by atoms with Gasteiger partial charge in [0.05, 0.1) is 12.8 Å². The van der Waals surface area contributed by atoms with Gasteiger partial charge in [-0.2, -0.15) is 0 Å². The van der Waals surface area contributed by atoms with Gasteiger partial charge in [0.25, 0.3) is 0 Å². The first-order valence-corrected chi connectivity index (χ1v) is 6.64. The summed E-state index contributed by atoms with van der Waals surface area (Å²) in [4.78, 5) is 16.6. The van der Waals surface area contributed by atoms with E-state index in [4.69, 9.17) is 4.42 Å². The zero-order valence-electron chi connectivity index (χ0n) is 12.1. The van der Waals surface area contributed by atoms with Crippen molar-refractivity contribution in [2.24, 2.45) is 0 Å². The predicted octanol–water partition coefficient (Wildman–Crippen LogP) is 0.920. The Morgan fingerprint density at radius 1 is 1.53 bits per heavy atom. The van der Waals surface area contributed by atoms with Crippen LogP contribution >= 0.6 is 0 Å². The van der Waals surface area contributed by atoms with E-state index in [0.29, 0.717) is 19.6 Å². The number of hydrogen-bond donors (Lipinski definition) is 1. The van der Waals surface area contributed by atoms with Gasteiger partial charge in [-0.1, -0.05) is 0 Å². The van der Waals surface area contributed by atoms with Gasteiger partial charge < -0.3 is 14.6 Å². The Bertz CT molecular complexity index is 428. The Balaban J connectivity index is 2.17. The number of likely N-dealkylation sites (N-methyl/N-ethyl adjacent to an activating group) is 2. The van der Waals surface area contributed by atoms with Crippen molar-refractivity contribution in [1.29, 1.82) is 0 Å². The molecule has 2 heterocycles. The summed E-state index contributed by atoms with van der Waals surface area (Å²) in [5.41, 5.74) is -0.0397. The number of nitrogens with zero attached hydrogens (tertiary/aromatic N) is 2. The van der Waals surface area contributed by atoms with Crippen molar-refractivity contribution in [2.45, 2.75) is 32.0 Å². The summed E-state index contributed by atoms with van der Waals surface area (Å²) in [6.07, 6.45) is 1.64. The molecule has 1 aromatic rings. The maximum atomic E-state index is 12.5. The standard InChI is InChI=1S/C14H23N3O2/c1-14(2)10-17(9-11-6-5-7-19-11)13(18)12(8-15-3)16(14)4/h5-7,12,15H,8-10H2,1-4H3. The minimum atomic E-state index is -0.122. The zero-order chi connectivity index (χ0) is 14.0. The van der Waals surface area contributed by atoms with E-state index in [2.05, 4.69) is 24.1 Å². The average molecular weight is 265 g/mol. The third-order valence-corrected chi connectivity index (χ3v) is 3.92. The lowest BCUT2D eigenvalue weighted by atomic mass is 9.95. The van der Waals surface area contributed by atoms with Crippen molar-refractivity contribution >= 4 is 5.91 Å². The SMILES string of the molecule is CNCC1C(=O)N(Cc2ccco2)CC(C)(C)N1C. The van der Waals surface area contributed by atoms with Gasteiger partial charge in [-0.05, 0) is 40.1 Å². The second-order valence-corrected chi connectivity index (χ2v) is 5.77. The fourth-order valence-corrected chi connectivity index (χ4v) is 2.60. The number of piperazine rings is 1. The van der Waals surface area contributed by atoms with E-state index in [1.54, 1.807) is 6.26 Å². The Morgan fingerprint density at radius 3 is 2.84 bits per heavy atom. The van der Waals surface area contributed by atoms with Crippen LogP contribution in [-0.4, -0.2) is 54.5 Å². The van der Waals surface area contributed by atoms with Crippen LogP contribution in [0.25, 0.3) is 0 Å². The third kappa shape index (κ3) is 2.82. The molecule has 19 heavy (non-hydrogen) atoms. The first-order chi connectivity index (χ1) is 8.95. The minimum absolute atomic E-state index is 0.0397. The van der Waals surface area contributed by atoms with E-state index in [0.717, 1.165) is 5.76 Å². The molecule has 0 bridgehead atoms. The zero-order valence-corrected chi connectivity index (χ0v) is 12.1.